The number of methoxy groups -OCH3 is 1. The summed E-state index contributed by atoms with van der Waals surface area (Å²) in [7, 11) is 1.60. The molecule has 0 bridgehead atoms. The zero-order valence-electron chi connectivity index (χ0n) is 16.4. The molecular formula is C22H26FN3O2. The SMILES string of the molecule is COc1nccnc1C(C)C1=C(CCN2CCC(O)C2)Cc2cc(F)ccc21. The van der Waals surface area contributed by atoms with E-state index in [0.717, 1.165) is 55.7 Å². The van der Waals surface area contributed by atoms with Crippen molar-refractivity contribution in [2.45, 2.75) is 38.2 Å². The molecule has 1 fully saturated rings. The Kier molecular flexibility index (Phi) is 5.42. The molecule has 148 valence electrons. The van der Waals surface area contributed by atoms with E-state index >= 15 is 0 Å². The van der Waals surface area contributed by atoms with Crippen molar-refractivity contribution in [3.8, 4) is 5.88 Å². The Morgan fingerprint density at radius 3 is 2.89 bits per heavy atom. The van der Waals surface area contributed by atoms with Gasteiger partial charge in [0.1, 0.15) is 11.5 Å². The first-order chi connectivity index (χ1) is 13.6. The molecule has 4 rings (SSSR count). The van der Waals surface area contributed by atoms with Crippen LogP contribution in [0.1, 0.15) is 42.5 Å². The lowest BCUT2D eigenvalue weighted by atomic mass is 9.90. The van der Waals surface area contributed by atoms with Gasteiger partial charge >= 0.3 is 0 Å². The van der Waals surface area contributed by atoms with Crippen LogP contribution in [0.2, 0.25) is 0 Å². The number of likely N-dealkylation sites (tertiary alicyclic amines) is 1. The number of hydrogen-bond donors (Lipinski definition) is 1. The standard InChI is InChI=1S/C22H26FN3O2/c1-14(21-22(28-2)25-8-7-24-21)20-15(5-9-26-10-6-18(27)13-26)11-16-12-17(23)3-4-19(16)20/h3-4,7-8,12,14,18,27H,5-6,9-11,13H2,1-2H3. The molecule has 0 radical (unpaired) electrons. The number of β-amino-alcohol motifs (C(OH)–C–C–N with tert-alkyl or cyclic N) is 1. The Hall–Kier alpha value is -2.31. The minimum atomic E-state index is -0.217. The van der Waals surface area contributed by atoms with Gasteiger partial charge in [-0.05, 0) is 48.1 Å². The summed E-state index contributed by atoms with van der Waals surface area (Å²) >= 11 is 0. The monoisotopic (exact) mass is 383 g/mol. The first-order valence-corrected chi connectivity index (χ1v) is 9.83. The van der Waals surface area contributed by atoms with Gasteiger partial charge in [-0.25, -0.2) is 9.37 Å². The molecule has 1 aromatic carbocycles. The third-order valence-corrected chi connectivity index (χ3v) is 5.85. The van der Waals surface area contributed by atoms with E-state index in [1.165, 1.54) is 17.2 Å². The molecule has 6 heteroatoms. The van der Waals surface area contributed by atoms with Gasteiger partial charge in [0.2, 0.25) is 5.88 Å². The molecule has 0 saturated carbocycles. The second-order valence-corrected chi connectivity index (χ2v) is 7.66. The Labute approximate surface area is 164 Å². The molecule has 1 N–H and O–H groups in total. The maximum atomic E-state index is 13.8. The van der Waals surface area contributed by atoms with Gasteiger partial charge in [0.15, 0.2) is 0 Å². The molecule has 2 heterocycles. The van der Waals surface area contributed by atoms with E-state index in [-0.39, 0.29) is 17.8 Å². The van der Waals surface area contributed by atoms with E-state index in [1.54, 1.807) is 25.6 Å². The summed E-state index contributed by atoms with van der Waals surface area (Å²) in [5.41, 5.74) is 5.43. The van der Waals surface area contributed by atoms with Crippen LogP contribution < -0.4 is 4.74 Å². The van der Waals surface area contributed by atoms with Crippen molar-refractivity contribution in [3.05, 3.63) is 58.8 Å². The van der Waals surface area contributed by atoms with Crippen molar-refractivity contribution in [1.29, 1.82) is 0 Å². The molecular weight excluding hydrogens is 357 g/mol. The van der Waals surface area contributed by atoms with Crippen molar-refractivity contribution in [2.24, 2.45) is 0 Å². The molecule has 28 heavy (non-hydrogen) atoms. The third-order valence-electron chi connectivity index (χ3n) is 5.85. The van der Waals surface area contributed by atoms with Gasteiger partial charge in [-0.3, -0.25) is 4.98 Å². The average molecular weight is 383 g/mol. The number of aliphatic hydroxyl groups is 1. The second-order valence-electron chi connectivity index (χ2n) is 7.66. The molecule has 1 saturated heterocycles. The van der Waals surface area contributed by atoms with E-state index in [9.17, 15) is 9.50 Å². The largest absolute Gasteiger partial charge is 0.480 e. The van der Waals surface area contributed by atoms with E-state index in [2.05, 4.69) is 21.8 Å². The van der Waals surface area contributed by atoms with Crippen molar-refractivity contribution in [2.75, 3.05) is 26.7 Å². The summed E-state index contributed by atoms with van der Waals surface area (Å²) in [6.45, 7) is 4.67. The highest BCUT2D eigenvalue weighted by molar-refractivity contribution is 5.80. The van der Waals surface area contributed by atoms with E-state index in [1.807, 2.05) is 6.07 Å². The zero-order valence-corrected chi connectivity index (χ0v) is 16.4. The summed E-state index contributed by atoms with van der Waals surface area (Å²) in [4.78, 5) is 11.1. The molecule has 1 aromatic heterocycles. The van der Waals surface area contributed by atoms with Crippen molar-refractivity contribution >= 4 is 5.57 Å². The number of fused-ring (bicyclic) bond motifs is 1. The Bertz CT molecular complexity index is 899. The average Bonchev–Trinajstić information content (AvgIpc) is 3.28. The van der Waals surface area contributed by atoms with Crippen LogP contribution in [0.4, 0.5) is 4.39 Å². The lowest BCUT2D eigenvalue weighted by Gasteiger charge is -2.20. The normalized spacial score (nSPS) is 20.5. The number of rotatable bonds is 6. The van der Waals surface area contributed by atoms with Gasteiger partial charge in [0.25, 0.3) is 0 Å². The fourth-order valence-corrected chi connectivity index (χ4v) is 4.48. The van der Waals surface area contributed by atoms with Crippen molar-refractivity contribution < 1.29 is 14.2 Å². The van der Waals surface area contributed by atoms with Gasteiger partial charge < -0.3 is 14.7 Å². The lowest BCUT2D eigenvalue weighted by molar-refractivity contribution is 0.177. The van der Waals surface area contributed by atoms with Crippen LogP contribution in [0.25, 0.3) is 5.57 Å². The number of nitrogens with zero attached hydrogens (tertiary/aromatic N) is 3. The molecule has 5 nitrogen and oxygen atoms in total. The first kappa shape index (κ1) is 19.0. The van der Waals surface area contributed by atoms with Gasteiger partial charge in [0, 0.05) is 37.9 Å². The highest BCUT2D eigenvalue weighted by atomic mass is 19.1. The van der Waals surface area contributed by atoms with Crippen LogP contribution in [0.15, 0.2) is 36.2 Å². The number of allylic oxidation sites excluding steroid dienone is 1. The van der Waals surface area contributed by atoms with Gasteiger partial charge in [-0.2, -0.15) is 0 Å². The maximum absolute atomic E-state index is 13.8. The van der Waals surface area contributed by atoms with E-state index in [0.29, 0.717) is 5.88 Å². The summed E-state index contributed by atoms with van der Waals surface area (Å²) < 4.78 is 19.3. The Morgan fingerprint density at radius 2 is 2.14 bits per heavy atom. The molecule has 2 unspecified atom stereocenters. The minimum absolute atomic E-state index is 0.00507. The lowest BCUT2D eigenvalue weighted by Crippen LogP contribution is -2.23. The molecule has 0 amide bonds. The van der Waals surface area contributed by atoms with Crippen LogP contribution >= 0.6 is 0 Å². The molecule has 2 aromatic rings. The van der Waals surface area contributed by atoms with E-state index in [4.69, 9.17) is 4.74 Å². The van der Waals surface area contributed by atoms with Crippen LogP contribution in [-0.4, -0.2) is 52.8 Å². The predicted molar refractivity (Wildman–Crippen MR) is 106 cm³/mol. The zero-order chi connectivity index (χ0) is 19.7. The number of aliphatic hydroxyl groups excluding tert-OH is 1. The second kappa shape index (κ2) is 7.97. The fraction of sp³-hybridized carbons (Fsp3) is 0.455. The highest BCUT2D eigenvalue weighted by Gasteiger charge is 2.30. The van der Waals surface area contributed by atoms with Crippen molar-refractivity contribution in [3.63, 3.8) is 0 Å². The quantitative estimate of drug-likeness (QED) is 0.830. The predicted octanol–water partition coefficient (Wildman–Crippen LogP) is 3.19. The van der Waals surface area contributed by atoms with Gasteiger partial charge in [0.05, 0.1) is 13.2 Å². The number of aromatic nitrogens is 2. The van der Waals surface area contributed by atoms with Crippen LogP contribution in [-0.2, 0) is 6.42 Å². The smallest absolute Gasteiger partial charge is 0.235 e. The molecule has 2 aliphatic rings. The molecule has 2 atom stereocenters. The Balaban J connectivity index is 1.67. The van der Waals surface area contributed by atoms with Crippen LogP contribution in [0.3, 0.4) is 0 Å². The highest BCUT2D eigenvalue weighted by Crippen LogP contribution is 2.44. The van der Waals surface area contributed by atoms with Crippen LogP contribution in [0.5, 0.6) is 5.88 Å². The third kappa shape index (κ3) is 3.66. The number of halogens is 1. The minimum Gasteiger partial charge on any atom is -0.480 e. The maximum Gasteiger partial charge on any atom is 0.235 e. The number of ether oxygens (including phenoxy) is 1. The molecule has 0 spiro atoms. The summed E-state index contributed by atoms with van der Waals surface area (Å²) in [5.74, 6) is 0.321. The summed E-state index contributed by atoms with van der Waals surface area (Å²) in [6, 6.07) is 5.05. The van der Waals surface area contributed by atoms with Gasteiger partial charge in [-0.15, -0.1) is 0 Å². The van der Waals surface area contributed by atoms with E-state index < -0.39 is 0 Å². The number of benzene rings is 1. The first-order valence-electron chi connectivity index (χ1n) is 9.83. The summed E-state index contributed by atoms with van der Waals surface area (Å²) in [5, 5.41) is 9.79. The summed E-state index contributed by atoms with van der Waals surface area (Å²) in [6.07, 6.45) is 5.58. The fourth-order valence-electron chi connectivity index (χ4n) is 4.48. The molecule has 1 aliphatic carbocycles. The van der Waals surface area contributed by atoms with Crippen LogP contribution in [0, 0.1) is 5.82 Å². The number of hydrogen-bond acceptors (Lipinski definition) is 5. The molecule has 1 aliphatic heterocycles. The van der Waals surface area contributed by atoms with Crippen molar-refractivity contribution in [1.82, 2.24) is 14.9 Å². The topological polar surface area (TPSA) is 58.5 Å². The Morgan fingerprint density at radius 1 is 1.32 bits per heavy atom. The van der Waals surface area contributed by atoms with Gasteiger partial charge in [-0.1, -0.05) is 18.6 Å².